The van der Waals surface area contributed by atoms with Gasteiger partial charge in [0.25, 0.3) is 0 Å². The maximum Gasteiger partial charge on any atom is 0.328 e. The van der Waals surface area contributed by atoms with Crippen LogP contribution in [0.2, 0.25) is 0 Å². The Hall–Kier alpha value is -2.76. The van der Waals surface area contributed by atoms with Crippen LogP contribution in [0.4, 0.5) is 0 Å². The number of hydrogen-bond donors (Lipinski definition) is 3. The number of carbonyl (C=O) groups is 2. The second-order valence-electron chi connectivity index (χ2n) is 8.61. The molecule has 1 aliphatic rings. The number of esters is 1. The van der Waals surface area contributed by atoms with Crippen LogP contribution in [-0.4, -0.2) is 67.3 Å². The van der Waals surface area contributed by atoms with Gasteiger partial charge in [0, 0.05) is 18.2 Å². The number of unbranched alkanes of at least 4 members (excludes halogenated alkanes) is 1. The van der Waals surface area contributed by atoms with Gasteiger partial charge in [0.05, 0.1) is 18.6 Å². The molecule has 36 heavy (non-hydrogen) atoms. The van der Waals surface area contributed by atoms with Gasteiger partial charge >= 0.3 is 5.97 Å². The summed E-state index contributed by atoms with van der Waals surface area (Å²) in [4.78, 5) is 25.7. The molecule has 0 saturated carbocycles. The van der Waals surface area contributed by atoms with Crippen LogP contribution < -0.4 is 10.1 Å². The highest BCUT2D eigenvalue weighted by molar-refractivity contribution is 7.89. The van der Waals surface area contributed by atoms with E-state index in [1.807, 2.05) is 0 Å². The Bertz CT molecular complexity index is 1140. The summed E-state index contributed by atoms with van der Waals surface area (Å²) in [6.45, 7) is 2.65. The fraction of sp³-hybridized carbons (Fsp3) is 0.440. The molecule has 2 aromatic rings. The van der Waals surface area contributed by atoms with Crippen LogP contribution in [0, 0.1) is 0 Å². The van der Waals surface area contributed by atoms with Crippen molar-refractivity contribution in [1.82, 2.24) is 9.62 Å². The van der Waals surface area contributed by atoms with Gasteiger partial charge in [-0.3, -0.25) is 4.79 Å². The van der Waals surface area contributed by atoms with Crippen molar-refractivity contribution >= 4 is 34.5 Å². The molecule has 0 spiro atoms. The number of methoxy groups -OCH3 is 1. The molecule has 1 aliphatic heterocycles. The van der Waals surface area contributed by atoms with Crippen molar-refractivity contribution in [1.29, 1.82) is 0 Å². The zero-order valence-corrected chi connectivity index (χ0v) is 22.0. The van der Waals surface area contributed by atoms with E-state index in [1.54, 1.807) is 24.3 Å². The summed E-state index contributed by atoms with van der Waals surface area (Å²) in [7, 11) is -2.80. The number of hydrogen-bond acceptors (Lipinski definition) is 8. The third-order valence-corrected chi connectivity index (χ3v) is 8.17. The molecule has 1 amide bonds. The van der Waals surface area contributed by atoms with Gasteiger partial charge in [0.1, 0.15) is 23.6 Å². The average molecular weight is 537 g/mol. The number of phenolic OH excluding ortho intramolecular Hbond substituents is 1. The molecule has 2 aromatic carbocycles. The Labute approximate surface area is 217 Å². The summed E-state index contributed by atoms with van der Waals surface area (Å²) in [5, 5.41) is 11.8. The summed E-state index contributed by atoms with van der Waals surface area (Å²) in [5.41, 5.74) is 0.688. The Kier molecular flexibility index (Phi) is 9.63. The molecule has 1 heterocycles. The molecule has 3 atom stereocenters. The monoisotopic (exact) mass is 536 g/mol. The molecule has 1 saturated heterocycles. The predicted octanol–water partition coefficient (Wildman–Crippen LogP) is 2.53. The number of thiol groups is 1. The van der Waals surface area contributed by atoms with Gasteiger partial charge in [-0.25, -0.2) is 13.2 Å². The SMILES string of the molecule is CCCCOc1ccc(S(=O)(=O)N2C[C@@H](S)C[C@H]2C(=O)NC(Cc2ccc(O)cc2)C(=O)OC)cc1. The van der Waals surface area contributed by atoms with Gasteiger partial charge < -0.3 is 19.9 Å². The van der Waals surface area contributed by atoms with Gasteiger partial charge in [-0.15, -0.1) is 0 Å². The van der Waals surface area contributed by atoms with E-state index in [1.165, 1.54) is 31.4 Å². The maximum absolute atomic E-state index is 13.4. The highest BCUT2D eigenvalue weighted by Crippen LogP contribution is 2.30. The van der Waals surface area contributed by atoms with Crippen LogP contribution in [0.1, 0.15) is 31.7 Å². The maximum atomic E-state index is 13.4. The molecular weight excluding hydrogens is 504 g/mol. The number of phenols is 1. The van der Waals surface area contributed by atoms with Crippen molar-refractivity contribution in [3.05, 3.63) is 54.1 Å². The highest BCUT2D eigenvalue weighted by atomic mass is 32.2. The summed E-state index contributed by atoms with van der Waals surface area (Å²) < 4.78 is 38.4. The first-order chi connectivity index (χ1) is 17.1. The fourth-order valence-electron chi connectivity index (χ4n) is 3.94. The van der Waals surface area contributed by atoms with E-state index in [9.17, 15) is 23.1 Å². The number of benzene rings is 2. The molecule has 3 rings (SSSR count). The van der Waals surface area contributed by atoms with Gasteiger partial charge in [0.15, 0.2) is 0 Å². The van der Waals surface area contributed by atoms with E-state index < -0.39 is 34.0 Å². The Morgan fingerprint density at radius 3 is 2.44 bits per heavy atom. The number of aromatic hydroxyl groups is 1. The number of amides is 1. The lowest BCUT2D eigenvalue weighted by Crippen LogP contribution is -2.51. The minimum Gasteiger partial charge on any atom is -0.508 e. The predicted molar refractivity (Wildman–Crippen MR) is 138 cm³/mol. The standard InChI is InChI=1S/C25H32N2O7S2/c1-3-4-13-34-19-9-11-21(12-10-19)36(31,32)27-16-20(35)15-23(27)24(29)26-22(25(30)33-2)14-17-5-7-18(28)8-6-17/h5-12,20,22-23,28,35H,3-4,13-16H2,1-2H3,(H,26,29)/t20-,22?,23-/m0/s1. The number of rotatable bonds is 11. The quantitative estimate of drug-likeness (QED) is 0.229. The first-order valence-corrected chi connectivity index (χ1v) is 13.7. The number of nitrogens with one attached hydrogen (secondary N) is 1. The first-order valence-electron chi connectivity index (χ1n) is 11.7. The van der Waals surface area contributed by atoms with Gasteiger partial charge in [-0.1, -0.05) is 25.5 Å². The third-order valence-electron chi connectivity index (χ3n) is 5.91. The lowest BCUT2D eigenvalue weighted by molar-refractivity contribution is -0.145. The molecule has 0 aromatic heterocycles. The zero-order chi connectivity index (χ0) is 26.3. The van der Waals surface area contributed by atoms with Crippen molar-refractivity contribution in [2.24, 2.45) is 0 Å². The Morgan fingerprint density at radius 2 is 1.83 bits per heavy atom. The van der Waals surface area contributed by atoms with Crippen molar-refractivity contribution in [2.75, 3.05) is 20.3 Å². The lowest BCUT2D eigenvalue weighted by atomic mass is 10.0. The topological polar surface area (TPSA) is 122 Å². The molecule has 1 fully saturated rings. The normalized spacial score (nSPS) is 19.0. The highest BCUT2D eigenvalue weighted by Gasteiger charge is 2.43. The average Bonchev–Trinajstić information content (AvgIpc) is 3.27. The van der Waals surface area contributed by atoms with Crippen molar-refractivity contribution in [3.8, 4) is 11.5 Å². The van der Waals surface area contributed by atoms with E-state index in [0.717, 1.165) is 17.1 Å². The summed E-state index contributed by atoms with van der Waals surface area (Å²) in [6.07, 6.45) is 2.19. The molecule has 0 bridgehead atoms. The van der Waals surface area contributed by atoms with Gasteiger partial charge in [-0.05, 0) is 54.8 Å². The summed E-state index contributed by atoms with van der Waals surface area (Å²) >= 11 is 4.43. The van der Waals surface area contributed by atoms with Crippen molar-refractivity contribution in [2.45, 2.75) is 54.8 Å². The molecule has 9 nitrogen and oxygen atoms in total. The summed E-state index contributed by atoms with van der Waals surface area (Å²) in [5.74, 6) is -0.626. The summed E-state index contributed by atoms with van der Waals surface area (Å²) in [6, 6.07) is 10.2. The second-order valence-corrected chi connectivity index (χ2v) is 11.2. The van der Waals surface area contributed by atoms with E-state index in [4.69, 9.17) is 9.47 Å². The van der Waals surface area contributed by atoms with Gasteiger partial charge in [-0.2, -0.15) is 16.9 Å². The number of nitrogens with zero attached hydrogens (tertiary/aromatic N) is 1. The Morgan fingerprint density at radius 1 is 1.17 bits per heavy atom. The minimum absolute atomic E-state index is 0.0409. The molecule has 11 heteroatoms. The number of sulfonamides is 1. The molecule has 0 aliphatic carbocycles. The lowest BCUT2D eigenvalue weighted by Gasteiger charge is -2.25. The van der Waals surface area contributed by atoms with Crippen LogP contribution in [-0.2, 0) is 30.8 Å². The molecule has 1 unspecified atom stereocenters. The van der Waals surface area contributed by atoms with Crippen LogP contribution >= 0.6 is 12.6 Å². The van der Waals surface area contributed by atoms with E-state index in [2.05, 4.69) is 24.9 Å². The molecular formula is C25H32N2O7S2. The second kappa shape index (κ2) is 12.5. The fourth-order valence-corrected chi connectivity index (χ4v) is 6.07. The number of ether oxygens (including phenoxy) is 2. The van der Waals surface area contributed by atoms with Crippen LogP contribution in [0.25, 0.3) is 0 Å². The van der Waals surface area contributed by atoms with E-state index in [-0.39, 0.29) is 35.3 Å². The van der Waals surface area contributed by atoms with Crippen LogP contribution in [0.3, 0.4) is 0 Å². The minimum atomic E-state index is -4.01. The van der Waals surface area contributed by atoms with Crippen molar-refractivity contribution < 1.29 is 32.6 Å². The molecule has 196 valence electrons. The molecule has 2 N–H and O–H groups in total. The Balaban J connectivity index is 1.76. The largest absolute Gasteiger partial charge is 0.508 e. The van der Waals surface area contributed by atoms with E-state index in [0.29, 0.717) is 17.9 Å². The van der Waals surface area contributed by atoms with Crippen LogP contribution in [0.15, 0.2) is 53.4 Å². The van der Waals surface area contributed by atoms with Gasteiger partial charge in [0.2, 0.25) is 15.9 Å². The third kappa shape index (κ3) is 6.92. The zero-order valence-electron chi connectivity index (χ0n) is 20.3. The van der Waals surface area contributed by atoms with E-state index >= 15 is 0 Å². The van der Waals surface area contributed by atoms with Crippen LogP contribution in [0.5, 0.6) is 11.5 Å². The smallest absolute Gasteiger partial charge is 0.328 e. The number of carbonyl (C=O) groups excluding carboxylic acids is 2. The first kappa shape index (κ1) is 27.8. The van der Waals surface area contributed by atoms with Crippen molar-refractivity contribution in [3.63, 3.8) is 0 Å². The molecule has 0 radical (unpaired) electrons.